The fraction of sp³-hybridized carbons (Fsp3) is 0.667. The lowest BCUT2D eigenvalue weighted by atomic mass is 10.1. The molecule has 0 amide bonds. The summed E-state index contributed by atoms with van der Waals surface area (Å²) in [5.41, 5.74) is 7.26. The molecule has 10 heteroatoms. The van der Waals surface area contributed by atoms with E-state index >= 15 is 0 Å². The fourth-order valence-corrected chi connectivity index (χ4v) is 3.38. The molecule has 140 valence electrons. The molecule has 0 saturated heterocycles. The van der Waals surface area contributed by atoms with E-state index in [-0.39, 0.29) is 49.3 Å². The van der Waals surface area contributed by atoms with E-state index in [1.54, 1.807) is 6.33 Å². The third-order valence-corrected chi connectivity index (χ3v) is 4.95. The first-order chi connectivity index (χ1) is 11.2. The number of imidazole rings is 1. The van der Waals surface area contributed by atoms with Crippen molar-refractivity contribution in [2.75, 3.05) is 24.2 Å². The molecule has 2 aromatic heterocycles. The third-order valence-electron chi connectivity index (χ3n) is 4.95. The number of nitrogens with zero attached hydrogens (tertiary/aromatic N) is 4. The summed E-state index contributed by atoms with van der Waals surface area (Å²) in [4.78, 5) is 13.1. The lowest BCUT2D eigenvalue weighted by Crippen LogP contribution is -2.16. The highest BCUT2D eigenvalue weighted by molar-refractivity contribution is 5.86. The van der Waals surface area contributed by atoms with Gasteiger partial charge in [0.25, 0.3) is 0 Å². The number of nitrogens with one attached hydrogen (secondary N) is 1. The van der Waals surface area contributed by atoms with E-state index in [4.69, 9.17) is 5.73 Å². The number of halogens is 2. The minimum atomic E-state index is -0.492. The van der Waals surface area contributed by atoms with Gasteiger partial charge < -0.3 is 25.8 Å². The first kappa shape index (κ1) is 20.0. The van der Waals surface area contributed by atoms with Crippen molar-refractivity contribution in [3.8, 4) is 0 Å². The summed E-state index contributed by atoms with van der Waals surface area (Å²) in [5.74, 6) is 1.52. The second-order valence-corrected chi connectivity index (χ2v) is 6.71. The quantitative estimate of drug-likeness (QED) is 0.607. The molecule has 0 spiro atoms. The zero-order valence-corrected chi connectivity index (χ0v) is 15.3. The van der Waals surface area contributed by atoms with Crippen molar-refractivity contribution in [3.05, 3.63) is 6.33 Å². The Labute approximate surface area is 158 Å². The average Bonchev–Trinajstić information content (AvgIpc) is 3.15. The molecule has 3 atom stereocenters. The molecule has 4 rings (SSSR count). The van der Waals surface area contributed by atoms with E-state index in [2.05, 4.69) is 20.3 Å². The van der Waals surface area contributed by atoms with Crippen LogP contribution in [0.25, 0.3) is 11.2 Å². The monoisotopic (exact) mass is 390 g/mol. The van der Waals surface area contributed by atoms with Crippen LogP contribution in [0.3, 0.4) is 0 Å². The van der Waals surface area contributed by atoms with Crippen LogP contribution in [0.4, 0.5) is 11.8 Å². The van der Waals surface area contributed by atoms with Crippen molar-refractivity contribution in [1.82, 2.24) is 19.5 Å². The molecular formula is C15H24Cl2N6O2. The van der Waals surface area contributed by atoms with Crippen LogP contribution < -0.4 is 11.1 Å². The van der Waals surface area contributed by atoms with Crippen LogP contribution in [0.1, 0.15) is 31.7 Å². The van der Waals surface area contributed by atoms with Gasteiger partial charge in [-0.3, -0.25) is 0 Å². The molecule has 2 aromatic rings. The van der Waals surface area contributed by atoms with Gasteiger partial charge in [0.05, 0.1) is 12.4 Å². The molecule has 0 bridgehead atoms. The van der Waals surface area contributed by atoms with Crippen LogP contribution in [0.15, 0.2) is 6.33 Å². The summed E-state index contributed by atoms with van der Waals surface area (Å²) < 4.78 is 1.95. The number of anilines is 2. The molecular weight excluding hydrogens is 367 g/mol. The Kier molecular flexibility index (Phi) is 6.31. The maximum atomic E-state index is 10.0. The molecule has 0 aromatic carbocycles. The Hall–Kier alpha value is -1.35. The van der Waals surface area contributed by atoms with Gasteiger partial charge in [-0.25, -0.2) is 4.98 Å². The van der Waals surface area contributed by atoms with Crippen molar-refractivity contribution in [2.24, 2.45) is 11.8 Å². The standard InChI is InChI=1S/C15H22N6O2.2ClH/c16-15-19-13(17-5-8-1-2-8)12-14(20-15)21(7-18-12)10-3-9(6-22)11(23)4-10;;/h7-11,22-23H,1-6H2,(H3,16,17,19,20);2*1H/t9-,10+,11-;;/m1../s1. The Morgan fingerprint density at radius 1 is 1.24 bits per heavy atom. The van der Waals surface area contributed by atoms with Gasteiger partial charge in [-0.2, -0.15) is 9.97 Å². The van der Waals surface area contributed by atoms with E-state index in [9.17, 15) is 10.2 Å². The molecule has 0 radical (unpaired) electrons. The average molecular weight is 391 g/mol. The number of nitrogen functional groups attached to an aromatic ring is 1. The lowest BCUT2D eigenvalue weighted by molar-refractivity contribution is 0.0906. The first-order valence-electron chi connectivity index (χ1n) is 8.18. The fourth-order valence-electron chi connectivity index (χ4n) is 3.38. The Morgan fingerprint density at radius 3 is 2.64 bits per heavy atom. The second kappa shape index (κ2) is 7.90. The SMILES string of the molecule is Cl.Cl.Nc1nc(NCC2CC2)c2ncn([C@H]3C[C@H](CO)[C@H](O)C3)c2n1. The van der Waals surface area contributed by atoms with Crippen LogP contribution in [-0.2, 0) is 0 Å². The number of rotatable bonds is 5. The summed E-state index contributed by atoms with van der Waals surface area (Å²) in [6.07, 6.45) is 5.05. The first-order valence-corrected chi connectivity index (χ1v) is 8.18. The van der Waals surface area contributed by atoms with Gasteiger partial charge in [0, 0.05) is 25.1 Å². The van der Waals surface area contributed by atoms with Crippen molar-refractivity contribution in [2.45, 2.75) is 37.8 Å². The number of aliphatic hydroxyl groups is 2. The molecule has 0 unspecified atom stereocenters. The Bertz CT molecular complexity index is 723. The van der Waals surface area contributed by atoms with E-state index in [0.717, 1.165) is 12.5 Å². The van der Waals surface area contributed by atoms with E-state index in [1.807, 2.05) is 4.57 Å². The van der Waals surface area contributed by atoms with Gasteiger partial charge >= 0.3 is 0 Å². The minimum Gasteiger partial charge on any atom is -0.396 e. The molecule has 2 aliphatic rings. The molecule has 8 nitrogen and oxygen atoms in total. The summed E-state index contributed by atoms with van der Waals surface area (Å²) >= 11 is 0. The zero-order valence-electron chi connectivity index (χ0n) is 13.7. The van der Waals surface area contributed by atoms with Gasteiger partial charge in [-0.05, 0) is 31.6 Å². The van der Waals surface area contributed by atoms with Crippen LogP contribution in [-0.4, -0.2) is 49.0 Å². The molecule has 25 heavy (non-hydrogen) atoms. The topological polar surface area (TPSA) is 122 Å². The van der Waals surface area contributed by atoms with Gasteiger partial charge in [-0.1, -0.05) is 0 Å². The van der Waals surface area contributed by atoms with E-state index in [0.29, 0.717) is 29.8 Å². The number of aliphatic hydroxyl groups excluding tert-OH is 2. The van der Waals surface area contributed by atoms with Gasteiger partial charge in [0.15, 0.2) is 17.0 Å². The van der Waals surface area contributed by atoms with Gasteiger partial charge in [-0.15, -0.1) is 24.8 Å². The highest BCUT2D eigenvalue weighted by Crippen LogP contribution is 2.37. The second-order valence-electron chi connectivity index (χ2n) is 6.71. The largest absolute Gasteiger partial charge is 0.396 e. The number of aromatic nitrogens is 4. The van der Waals surface area contributed by atoms with Crippen LogP contribution >= 0.6 is 24.8 Å². The smallest absolute Gasteiger partial charge is 0.224 e. The van der Waals surface area contributed by atoms with Crippen molar-refractivity contribution in [1.29, 1.82) is 0 Å². The lowest BCUT2D eigenvalue weighted by Gasteiger charge is -2.13. The van der Waals surface area contributed by atoms with E-state index < -0.39 is 6.10 Å². The maximum Gasteiger partial charge on any atom is 0.224 e. The predicted octanol–water partition coefficient (Wildman–Crippen LogP) is 1.38. The number of nitrogens with two attached hydrogens (primary N) is 1. The molecule has 2 heterocycles. The Morgan fingerprint density at radius 2 is 2.00 bits per heavy atom. The zero-order chi connectivity index (χ0) is 16.0. The van der Waals surface area contributed by atoms with Gasteiger partial charge in [0.2, 0.25) is 5.95 Å². The Balaban J connectivity index is 0.00000113. The summed E-state index contributed by atoms with van der Waals surface area (Å²) in [7, 11) is 0. The summed E-state index contributed by atoms with van der Waals surface area (Å²) in [5, 5.41) is 22.7. The number of hydrogen-bond donors (Lipinski definition) is 4. The predicted molar refractivity (Wildman–Crippen MR) is 100 cm³/mol. The number of hydrogen-bond acceptors (Lipinski definition) is 7. The third kappa shape index (κ3) is 3.92. The number of fused-ring (bicyclic) bond motifs is 1. The summed E-state index contributed by atoms with van der Waals surface area (Å²) in [6, 6.07) is 0.0673. The van der Waals surface area contributed by atoms with Crippen LogP contribution in [0, 0.1) is 11.8 Å². The van der Waals surface area contributed by atoms with Crippen LogP contribution in [0.5, 0.6) is 0 Å². The summed E-state index contributed by atoms with van der Waals surface area (Å²) in [6.45, 7) is 0.878. The van der Waals surface area contributed by atoms with Crippen molar-refractivity contribution < 1.29 is 10.2 Å². The highest BCUT2D eigenvalue weighted by atomic mass is 35.5. The minimum absolute atomic E-state index is 0. The van der Waals surface area contributed by atoms with Gasteiger partial charge in [0.1, 0.15) is 0 Å². The van der Waals surface area contributed by atoms with E-state index in [1.165, 1.54) is 12.8 Å². The molecule has 2 aliphatic carbocycles. The molecule has 2 fully saturated rings. The molecule has 5 N–H and O–H groups in total. The highest BCUT2D eigenvalue weighted by Gasteiger charge is 2.34. The van der Waals surface area contributed by atoms with Crippen LogP contribution in [0.2, 0.25) is 0 Å². The van der Waals surface area contributed by atoms with Crippen molar-refractivity contribution >= 4 is 47.7 Å². The normalized spacial score (nSPS) is 25.4. The molecule has 2 saturated carbocycles. The maximum absolute atomic E-state index is 10.0. The van der Waals surface area contributed by atoms with Crippen molar-refractivity contribution in [3.63, 3.8) is 0 Å². The molecule has 0 aliphatic heterocycles.